The molecule has 1 atom stereocenters. The van der Waals surface area contributed by atoms with Crippen molar-refractivity contribution in [1.82, 2.24) is 10.2 Å². The molecule has 1 aliphatic rings. The van der Waals surface area contributed by atoms with Crippen molar-refractivity contribution < 1.29 is 27.5 Å². The number of nitrogens with one attached hydrogen (secondary N) is 1. The molecule has 9 heteroatoms. The van der Waals surface area contributed by atoms with Crippen molar-refractivity contribution in [3.8, 4) is 0 Å². The summed E-state index contributed by atoms with van der Waals surface area (Å²) in [5, 5.41) is 2.63. The first-order valence-corrected chi connectivity index (χ1v) is 9.14. The van der Waals surface area contributed by atoms with E-state index in [-0.39, 0.29) is 12.2 Å². The zero-order valence-corrected chi connectivity index (χ0v) is 15.3. The number of halogens is 3. The molecule has 1 aromatic rings. The van der Waals surface area contributed by atoms with Gasteiger partial charge in [0, 0.05) is 18.5 Å². The summed E-state index contributed by atoms with van der Waals surface area (Å²) in [6.07, 6.45) is -2.59. The molecule has 0 radical (unpaired) electrons. The van der Waals surface area contributed by atoms with E-state index < -0.39 is 29.8 Å². The Bertz CT molecular complexity index is 717. The molecule has 1 heterocycles. The summed E-state index contributed by atoms with van der Waals surface area (Å²) < 4.78 is 43.5. The number of esters is 1. The predicted octanol–water partition coefficient (Wildman–Crippen LogP) is 3.58. The largest absolute Gasteiger partial charge is 0.461 e. The molecule has 0 aliphatic carbocycles. The maximum atomic E-state index is 12.8. The molecule has 2 amide bonds. The van der Waals surface area contributed by atoms with Gasteiger partial charge in [-0.05, 0) is 30.9 Å². The highest BCUT2D eigenvalue weighted by atomic mass is 32.2. The third kappa shape index (κ3) is 4.32. The Morgan fingerprint density at radius 1 is 1.31 bits per heavy atom. The molecule has 2 rings (SSSR count). The molecule has 0 bridgehead atoms. The third-order valence-corrected chi connectivity index (χ3v) is 4.64. The van der Waals surface area contributed by atoms with Gasteiger partial charge in [-0.25, -0.2) is 9.59 Å². The maximum absolute atomic E-state index is 12.8. The lowest BCUT2D eigenvalue weighted by Crippen LogP contribution is -2.46. The average Bonchev–Trinajstić information content (AvgIpc) is 2.58. The second-order valence-corrected chi connectivity index (χ2v) is 6.67. The van der Waals surface area contributed by atoms with Crippen LogP contribution in [-0.4, -0.2) is 42.6 Å². The van der Waals surface area contributed by atoms with Crippen molar-refractivity contribution >= 4 is 23.8 Å². The number of nitrogens with zero attached hydrogens (tertiary/aromatic N) is 1. The van der Waals surface area contributed by atoms with Gasteiger partial charge in [0.2, 0.25) is 0 Å². The van der Waals surface area contributed by atoms with Crippen molar-refractivity contribution in [3.63, 3.8) is 0 Å². The van der Waals surface area contributed by atoms with Gasteiger partial charge >= 0.3 is 18.2 Å². The van der Waals surface area contributed by atoms with E-state index in [4.69, 9.17) is 4.74 Å². The van der Waals surface area contributed by atoms with Crippen molar-refractivity contribution in [2.75, 3.05) is 25.7 Å². The minimum Gasteiger partial charge on any atom is -0.461 e. The van der Waals surface area contributed by atoms with Crippen LogP contribution in [-0.2, 0) is 15.7 Å². The molecule has 0 saturated heterocycles. The van der Waals surface area contributed by atoms with Crippen LogP contribution in [0.5, 0.6) is 0 Å². The minimum atomic E-state index is -4.46. The second-order valence-electron chi connectivity index (χ2n) is 5.69. The standard InChI is InChI=1S/C17H19F3N2O3S/c1-10-13(15(23)25-8-9-26-3)14(21-16(24)22(10)2)11-4-6-12(7-5-11)17(18,19)20/h4-7,14H,8-9H2,1-3H3,(H,21,24). The van der Waals surface area contributed by atoms with Crippen LogP contribution >= 0.6 is 11.8 Å². The van der Waals surface area contributed by atoms with E-state index in [0.29, 0.717) is 17.0 Å². The van der Waals surface area contributed by atoms with Gasteiger partial charge in [0.25, 0.3) is 0 Å². The van der Waals surface area contributed by atoms with Crippen LogP contribution in [0.15, 0.2) is 35.5 Å². The molecule has 1 aromatic carbocycles. The summed E-state index contributed by atoms with van der Waals surface area (Å²) in [4.78, 5) is 25.9. The van der Waals surface area contributed by atoms with E-state index in [0.717, 1.165) is 12.1 Å². The number of rotatable bonds is 5. The molecule has 1 N–H and O–H groups in total. The highest BCUT2D eigenvalue weighted by Crippen LogP contribution is 2.33. The SMILES string of the molecule is CSCCOC(=O)C1=C(C)N(C)C(=O)NC1c1ccc(C(F)(F)F)cc1. The molecule has 1 aliphatic heterocycles. The van der Waals surface area contributed by atoms with E-state index >= 15 is 0 Å². The molecule has 1 unspecified atom stereocenters. The van der Waals surface area contributed by atoms with E-state index in [2.05, 4.69) is 5.32 Å². The minimum absolute atomic E-state index is 0.202. The second kappa shape index (κ2) is 8.03. The number of thioether (sulfide) groups is 1. The van der Waals surface area contributed by atoms with E-state index in [1.165, 1.54) is 35.8 Å². The first-order valence-electron chi connectivity index (χ1n) is 7.75. The summed E-state index contributed by atoms with van der Waals surface area (Å²) in [6.45, 7) is 1.80. The number of urea groups is 1. The number of hydrogen-bond acceptors (Lipinski definition) is 4. The lowest BCUT2D eigenvalue weighted by molar-refractivity contribution is -0.139. The van der Waals surface area contributed by atoms with Gasteiger partial charge in [-0.1, -0.05) is 12.1 Å². The van der Waals surface area contributed by atoms with E-state index in [9.17, 15) is 22.8 Å². The number of carbonyl (C=O) groups excluding carboxylic acids is 2. The Labute approximate surface area is 153 Å². The summed E-state index contributed by atoms with van der Waals surface area (Å²) in [5.41, 5.74) is 0.168. The summed E-state index contributed by atoms with van der Waals surface area (Å²) >= 11 is 1.51. The zero-order valence-electron chi connectivity index (χ0n) is 14.5. The summed E-state index contributed by atoms with van der Waals surface area (Å²) in [6, 6.07) is 3.02. The Morgan fingerprint density at radius 2 is 1.92 bits per heavy atom. The number of allylic oxidation sites excluding steroid dienone is 1. The predicted molar refractivity (Wildman–Crippen MR) is 92.5 cm³/mol. The Hall–Kier alpha value is -2.16. The van der Waals surface area contributed by atoms with Crippen molar-refractivity contribution in [3.05, 3.63) is 46.7 Å². The Kier molecular flexibility index (Phi) is 6.22. The fraction of sp³-hybridized carbons (Fsp3) is 0.412. The number of alkyl halides is 3. The number of amides is 2. The lowest BCUT2D eigenvalue weighted by Gasteiger charge is -2.33. The van der Waals surface area contributed by atoms with Gasteiger partial charge in [0.1, 0.15) is 6.61 Å². The zero-order chi connectivity index (χ0) is 19.5. The van der Waals surface area contributed by atoms with Crippen LogP contribution < -0.4 is 5.32 Å². The van der Waals surface area contributed by atoms with Crippen LogP contribution in [0.2, 0.25) is 0 Å². The molecular weight excluding hydrogens is 369 g/mol. The molecule has 26 heavy (non-hydrogen) atoms. The van der Waals surface area contributed by atoms with Crippen LogP contribution in [0, 0.1) is 0 Å². The lowest BCUT2D eigenvalue weighted by atomic mass is 9.94. The van der Waals surface area contributed by atoms with Gasteiger partial charge in [-0.3, -0.25) is 0 Å². The fourth-order valence-electron chi connectivity index (χ4n) is 2.51. The topological polar surface area (TPSA) is 58.6 Å². The number of ether oxygens (including phenoxy) is 1. The van der Waals surface area contributed by atoms with E-state index in [1.807, 2.05) is 6.26 Å². The molecule has 0 spiro atoms. The molecule has 0 fully saturated rings. The molecule has 0 saturated carbocycles. The molecular formula is C17H19F3N2O3S. The monoisotopic (exact) mass is 388 g/mol. The maximum Gasteiger partial charge on any atom is 0.416 e. The van der Waals surface area contributed by atoms with Crippen LogP contribution in [0.4, 0.5) is 18.0 Å². The average molecular weight is 388 g/mol. The number of carbonyl (C=O) groups is 2. The van der Waals surface area contributed by atoms with Crippen molar-refractivity contribution in [2.24, 2.45) is 0 Å². The first kappa shape index (κ1) is 20.2. The summed E-state index contributed by atoms with van der Waals surface area (Å²) in [7, 11) is 1.50. The highest BCUT2D eigenvalue weighted by molar-refractivity contribution is 7.98. The van der Waals surface area contributed by atoms with Gasteiger partial charge in [-0.2, -0.15) is 24.9 Å². The molecule has 0 aromatic heterocycles. The van der Waals surface area contributed by atoms with Gasteiger partial charge in [0.15, 0.2) is 0 Å². The molecule has 5 nitrogen and oxygen atoms in total. The Balaban J connectivity index is 2.37. The Morgan fingerprint density at radius 3 is 2.46 bits per heavy atom. The van der Waals surface area contributed by atoms with Crippen LogP contribution in [0.25, 0.3) is 0 Å². The van der Waals surface area contributed by atoms with Gasteiger partial charge in [-0.15, -0.1) is 0 Å². The van der Waals surface area contributed by atoms with Crippen molar-refractivity contribution in [2.45, 2.75) is 19.1 Å². The number of hydrogen-bond donors (Lipinski definition) is 1. The van der Waals surface area contributed by atoms with Crippen molar-refractivity contribution in [1.29, 1.82) is 0 Å². The van der Waals surface area contributed by atoms with Crippen LogP contribution in [0.3, 0.4) is 0 Å². The first-order chi connectivity index (χ1) is 12.2. The highest BCUT2D eigenvalue weighted by Gasteiger charge is 2.36. The summed E-state index contributed by atoms with van der Waals surface area (Å²) in [5.74, 6) is 0.0129. The van der Waals surface area contributed by atoms with Gasteiger partial charge < -0.3 is 15.0 Å². The quantitative estimate of drug-likeness (QED) is 0.619. The van der Waals surface area contributed by atoms with Crippen LogP contribution in [0.1, 0.15) is 24.1 Å². The van der Waals surface area contributed by atoms with E-state index in [1.54, 1.807) is 6.92 Å². The molecule has 142 valence electrons. The third-order valence-electron chi connectivity index (χ3n) is 4.07. The fourth-order valence-corrected chi connectivity index (χ4v) is 2.76. The smallest absolute Gasteiger partial charge is 0.416 e. The van der Waals surface area contributed by atoms with Gasteiger partial charge in [0.05, 0.1) is 17.2 Å². The normalized spacial score (nSPS) is 18.0. The number of benzene rings is 1.